The Bertz CT molecular complexity index is 2490. The summed E-state index contributed by atoms with van der Waals surface area (Å²) in [6, 6.07) is 24.2. The van der Waals surface area contributed by atoms with Crippen LogP contribution in [0.1, 0.15) is 102 Å². The second-order valence-electron chi connectivity index (χ2n) is 15.5. The zero-order chi connectivity index (χ0) is 45.7. The first-order valence-electron chi connectivity index (χ1n) is 21.9. The summed E-state index contributed by atoms with van der Waals surface area (Å²) in [5, 5.41) is 10.6. The Hall–Kier alpha value is -4.80. The number of ether oxygens (including phenoxy) is 3. The van der Waals surface area contributed by atoms with Gasteiger partial charge in [-0.15, -0.1) is 0 Å². The number of aryl methyl sites for hydroxylation is 1. The van der Waals surface area contributed by atoms with Gasteiger partial charge in [-0.2, -0.15) is 16.8 Å². The average molecular weight is 904 g/mol. The number of aliphatic hydroxyl groups excluding tert-OH is 1. The van der Waals surface area contributed by atoms with E-state index >= 15 is 0 Å². The molecule has 0 aromatic heterocycles. The molecule has 1 aliphatic heterocycles. The minimum Gasteiger partial charge on any atom is -0.457 e. The molecule has 1 heterocycles. The quantitative estimate of drug-likeness (QED) is 0.0380. The van der Waals surface area contributed by atoms with E-state index in [9.17, 15) is 26.5 Å². The largest absolute Gasteiger partial charge is 0.457 e. The summed E-state index contributed by atoms with van der Waals surface area (Å²) >= 11 is 0. The number of hydrogen-bond acceptors (Lipinski definition) is 9. The zero-order valence-electron chi connectivity index (χ0n) is 37.2. The van der Waals surface area contributed by atoms with Crippen molar-refractivity contribution in [1.82, 2.24) is 0 Å². The molecule has 12 nitrogen and oxygen atoms in total. The molecule has 0 saturated heterocycles. The van der Waals surface area contributed by atoms with Crippen LogP contribution < -0.4 is 19.3 Å². The van der Waals surface area contributed by atoms with E-state index in [1.807, 2.05) is 18.2 Å². The Morgan fingerprint density at radius 2 is 1.46 bits per heavy atom. The number of methoxy groups -OCH3 is 1. The Labute approximate surface area is 374 Å². The summed E-state index contributed by atoms with van der Waals surface area (Å²) in [5.41, 5.74) is 6.48. The normalized spacial score (nSPS) is 15.1. The fraction of sp³-hybridized carbons (Fsp3) is 0.388. The Balaban J connectivity index is 0.000000241. The van der Waals surface area contributed by atoms with Gasteiger partial charge < -0.3 is 29.1 Å². The average Bonchev–Trinajstić information content (AvgIpc) is 3.27. The molecular formula is C49H63N2O10S2+. The van der Waals surface area contributed by atoms with Crippen molar-refractivity contribution in [3.8, 4) is 17.2 Å². The highest BCUT2D eigenvalue weighted by molar-refractivity contribution is 7.86. The molecule has 340 valence electrons. The standard InChI is InChI=1S/C29H36N2O3.C20H26O7S2/c1-6-30(7-2)20-14-16-24-26(18-20)34-27-19-21(31(8-3)9-4)15-17-25(27)28(24)22-12-10-11-13-23(22)29(32)33-5;1-2-3-4-5-6-7-9-16-12-13-18(15-20(16)29(24,25)26)27-17-10-8-11-19(14-17)28(21,22)23/h10-20,29,32H,6-9H2,1-5H3;8,10-15H,2-7,9H2,1H3,(H,21,22,23)(H,24,25,26)/p+1. The summed E-state index contributed by atoms with van der Waals surface area (Å²) < 4.78 is 82.2. The van der Waals surface area contributed by atoms with Crippen molar-refractivity contribution in [2.45, 2.75) is 102 Å². The molecule has 4 aromatic carbocycles. The third-order valence-electron chi connectivity index (χ3n) is 11.5. The molecule has 63 heavy (non-hydrogen) atoms. The Morgan fingerprint density at radius 1 is 0.762 bits per heavy atom. The summed E-state index contributed by atoms with van der Waals surface area (Å²) in [6.45, 7) is 14.9. The van der Waals surface area contributed by atoms with Crippen molar-refractivity contribution in [3.05, 3.63) is 137 Å². The molecule has 0 radical (unpaired) electrons. The number of benzene rings is 4. The number of nitrogens with one attached hydrogen (secondary N) is 1. The Kier molecular flexibility index (Phi) is 17.7. The molecule has 6 rings (SSSR count). The molecule has 14 heteroatoms. The predicted molar refractivity (Wildman–Crippen MR) is 248 cm³/mol. The third-order valence-corrected chi connectivity index (χ3v) is 13.3. The zero-order valence-corrected chi connectivity index (χ0v) is 38.8. The van der Waals surface area contributed by atoms with Gasteiger partial charge in [0.15, 0.2) is 6.29 Å². The van der Waals surface area contributed by atoms with Crippen LogP contribution in [0.15, 0.2) is 124 Å². The van der Waals surface area contributed by atoms with E-state index in [0.717, 1.165) is 109 Å². The summed E-state index contributed by atoms with van der Waals surface area (Å²) in [6.07, 6.45) is 12.6. The number of allylic oxidation sites excluding steroid dienone is 1. The van der Waals surface area contributed by atoms with Gasteiger partial charge in [0.25, 0.3) is 20.2 Å². The number of quaternary nitrogens is 1. The fourth-order valence-corrected chi connectivity index (χ4v) is 9.33. The molecule has 4 aromatic rings. The van der Waals surface area contributed by atoms with E-state index in [4.69, 9.17) is 18.8 Å². The van der Waals surface area contributed by atoms with Crippen molar-refractivity contribution in [2.24, 2.45) is 0 Å². The van der Waals surface area contributed by atoms with Crippen molar-refractivity contribution < 1.29 is 50.2 Å². The minimum absolute atomic E-state index is 0.102. The summed E-state index contributed by atoms with van der Waals surface area (Å²) in [7, 11) is -7.31. The third kappa shape index (κ3) is 12.7. The maximum Gasteiger partial charge on any atom is 0.294 e. The summed E-state index contributed by atoms with van der Waals surface area (Å²) in [5.74, 6) is 1.95. The number of aliphatic hydroxyl groups is 1. The van der Waals surface area contributed by atoms with Crippen LogP contribution in [0, 0.1) is 0 Å². The molecule has 0 amide bonds. The van der Waals surface area contributed by atoms with Crippen LogP contribution in [0.3, 0.4) is 0 Å². The van der Waals surface area contributed by atoms with Crippen LogP contribution in [0.2, 0.25) is 0 Å². The number of unbranched alkanes of at least 4 members (excludes halogenated alkanes) is 5. The fourth-order valence-electron chi connectivity index (χ4n) is 8.04. The second kappa shape index (κ2) is 22.7. The lowest BCUT2D eigenvalue weighted by Gasteiger charge is -2.32. The van der Waals surface area contributed by atoms with E-state index in [1.165, 1.54) is 42.7 Å². The van der Waals surface area contributed by atoms with Crippen molar-refractivity contribution in [1.29, 1.82) is 0 Å². The van der Waals surface area contributed by atoms with E-state index in [1.54, 1.807) is 12.1 Å². The number of likely N-dealkylation sites (N-methyl/N-ethyl adjacent to an activating group) is 1. The number of rotatable bonds is 20. The van der Waals surface area contributed by atoms with Crippen LogP contribution >= 0.6 is 0 Å². The first kappa shape index (κ1) is 49.2. The number of hydrogen-bond donors (Lipinski definition) is 4. The lowest BCUT2D eigenvalue weighted by molar-refractivity contribution is -0.908. The predicted octanol–water partition coefficient (Wildman–Crippen LogP) is 8.99. The van der Waals surface area contributed by atoms with Crippen molar-refractivity contribution in [3.63, 3.8) is 0 Å². The smallest absolute Gasteiger partial charge is 0.294 e. The minimum atomic E-state index is -4.45. The van der Waals surface area contributed by atoms with Gasteiger partial charge >= 0.3 is 0 Å². The number of anilines is 1. The van der Waals surface area contributed by atoms with Crippen LogP contribution in [0.25, 0.3) is 5.57 Å². The van der Waals surface area contributed by atoms with E-state index in [-0.39, 0.29) is 27.3 Å². The lowest BCUT2D eigenvalue weighted by Crippen LogP contribution is -3.14. The Morgan fingerprint density at radius 3 is 2.13 bits per heavy atom. The SMILES string of the molecule is CCCCCCCCc1ccc(Oc2cccc(S(=O)(=O)O)c2)cc1S(=O)(=O)O.CCN(CC)c1ccc2c(c1)OC1=CC([NH+](CC)CC)C=CC1=C2c1ccccc1C(O)OC. The van der Waals surface area contributed by atoms with Gasteiger partial charge in [0.05, 0.1) is 18.0 Å². The number of fused-ring (bicyclic) bond motifs is 2. The highest BCUT2D eigenvalue weighted by Gasteiger charge is 2.31. The highest BCUT2D eigenvalue weighted by Crippen LogP contribution is 2.46. The van der Waals surface area contributed by atoms with E-state index in [0.29, 0.717) is 12.0 Å². The monoisotopic (exact) mass is 903 g/mol. The molecule has 0 saturated carbocycles. The molecule has 2 unspecified atom stereocenters. The van der Waals surface area contributed by atoms with Gasteiger partial charge in [-0.05, 0) is 94.1 Å². The lowest BCUT2D eigenvalue weighted by atomic mass is 9.84. The van der Waals surface area contributed by atoms with Crippen molar-refractivity contribution >= 4 is 31.5 Å². The van der Waals surface area contributed by atoms with Gasteiger partial charge in [0.2, 0.25) is 0 Å². The van der Waals surface area contributed by atoms with Gasteiger partial charge in [-0.3, -0.25) is 9.11 Å². The molecule has 2 aliphatic rings. The molecule has 1 aliphatic carbocycles. The highest BCUT2D eigenvalue weighted by atomic mass is 32.2. The van der Waals surface area contributed by atoms with Gasteiger partial charge in [-0.25, -0.2) is 0 Å². The molecule has 2 atom stereocenters. The van der Waals surface area contributed by atoms with Gasteiger partial charge in [-0.1, -0.05) is 75.4 Å². The maximum absolute atomic E-state index is 11.8. The van der Waals surface area contributed by atoms with E-state index in [2.05, 4.69) is 82.0 Å². The van der Waals surface area contributed by atoms with Crippen molar-refractivity contribution in [2.75, 3.05) is 38.2 Å². The summed E-state index contributed by atoms with van der Waals surface area (Å²) in [4.78, 5) is 3.24. The molecule has 0 bridgehead atoms. The number of nitrogens with zero attached hydrogens (tertiary/aromatic N) is 1. The van der Waals surface area contributed by atoms with Crippen LogP contribution in [-0.4, -0.2) is 70.4 Å². The first-order chi connectivity index (χ1) is 30.2. The van der Waals surface area contributed by atoms with Gasteiger partial charge in [0, 0.05) is 72.4 Å². The van der Waals surface area contributed by atoms with Crippen LogP contribution in [0.4, 0.5) is 5.69 Å². The first-order valence-corrected chi connectivity index (χ1v) is 24.8. The second-order valence-corrected chi connectivity index (χ2v) is 18.3. The molecule has 4 N–H and O–H groups in total. The van der Waals surface area contributed by atoms with Gasteiger partial charge in [0.1, 0.15) is 33.9 Å². The topological polar surface area (TPSA) is 164 Å². The molecular weight excluding hydrogens is 841 g/mol. The molecule has 0 fully saturated rings. The van der Waals surface area contributed by atoms with Crippen LogP contribution in [0.5, 0.6) is 17.2 Å². The van der Waals surface area contributed by atoms with Crippen LogP contribution in [-0.2, 0) is 31.4 Å². The van der Waals surface area contributed by atoms with E-state index < -0.39 is 26.5 Å². The maximum atomic E-state index is 11.8. The molecule has 0 spiro atoms.